The Morgan fingerprint density at radius 1 is 1.07 bits per heavy atom. The summed E-state index contributed by atoms with van der Waals surface area (Å²) in [4.78, 5) is 50.4. The van der Waals surface area contributed by atoms with Crippen LogP contribution in [-0.4, -0.2) is 59.4 Å². The molecule has 1 aromatic heterocycles. The van der Waals surface area contributed by atoms with E-state index in [1.165, 1.54) is 31.5 Å². The van der Waals surface area contributed by atoms with E-state index in [1.54, 1.807) is 15.5 Å². The number of hydrogen-bond acceptors (Lipinski definition) is 6. The largest absolute Gasteiger partial charge is 0.492 e. The molecule has 2 aliphatic rings. The van der Waals surface area contributed by atoms with Crippen molar-refractivity contribution < 1.29 is 33.7 Å². The Kier molecular flexibility index (Phi) is 7.72. The smallest absolute Gasteiger partial charge is 0.341 e. The molecule has 0 radical (unpaired) electrons. The van der Waals surface area contributed by atoms with Crippen LogP contribution in [0.3, 0.4) is 0 Å². The van der Waals surface area contributed by atoms with Crippen LogP contribution in [0.5, 0.6) is 5.75 Å². The number of anilines is 1. The number of aromatic nitrogens is 1. The fourth-order valence-electron chi connectivity index (χ4n) is 5.24. The Labute approximate surface area is 238 Å². The molecule has 1 amide bonds. The second kappa shape index (κ2) is 11.2. The van der Waals surface area contributed by atoms with Crippen molar-refractivity contribution in [2.75, 3.05) is 31.6 Å². The lowest BCUT2D eigenvalue weighted by Gasteiger charge is -2.33. The highest BCUT2D eigenvalue weighted by atomic mass is 35.5. The van der Waals surface area contributed by atoms with Gasteiger partial charge in [-0.05, 0) is 43.9 Å². The minimum Gasteiger partial charge on any atom is -0.492 e. The summed E-state index contributed by atoms with van der Waals surface area (Å²) in [6.45, 7) is 0.763. The normalized spacial score (nSPS) is 15.1. The molecule has 214 valence electrons. The maximum absolute atomic E-state index is 15.6. The van der Waals surface area contributed by atoms with Gasteiger partial charge in [0.05, 0.1) is 35.7 Å². The number of piperidine rings is 1. The fraction of sp³-hybridized carbons (Fsp3) is 0.310. The molecular weight excluding hydrogens is 557 g/mol. The van der Waals surface area contributed by atoms with Gasteiger partial charge >= 0.3 is 11.9 Å². The van der Waals surface area contributed by atoms with Crippen LogP contribution < -0.4 is 20.4 Å². The molecule has 3 N–H and O–H groups in total. The van der Waals surface area contributed by atoms with E-state index in [0.717, 1.165) is 24.5 Å². The molecule has 0 unspecified atom stereocenters. The monoisotopic (exact) mass is 583 g/mol. The number of amides is 1. The Balaban J connectivity index is 1.38. The number of aromatic carboxylic acids is 2. The number of carboxylic acids is 2. The van der Waals surface area contributed by atoms with Crippen molar-refractivity contribution in [1.82, 2.24) is 9.88 Å². The van der Waals surface area contributed by atoms with Crippen LogP contribution in [0.4, 0.5) is 10.1 Å². The number of methoxy groups -OCH3 is 1. The topological polar surface area (TPSA) is 138 Å². The highest BCUT2D eigenvalue weighted by molar-refractivity contribution is 6.30. The number of carbonyl (C=O) groups excluding carboxylic acids is 1. The van der Waals surface area contributed by atoms with Crippen LogP contribution in [0.25, 0.3) is 10.9 Å². The lowest BCUT2D eigenvalue weighted by Crippen LogP contribution is -2.33. The van der Waals surface area contributed by atoms with Gasteiger partial charge in [0.1, 0.15) is 11.3 Å². The first-order valence-corrected chi connectivity index (χ1v) is 13.4. The van der Waals surface area contributed by atoms with Gasteiger partial charge in [-0.3, -0.25) is 9.59 Å². The molecule has 1 aliphatic carbocycles. The number of benzene rings is 2. The third-order valence-electron chi connectivity index (χ3n) is 7.45. The average molecular weight is 584 g/mol. The number of ether oxygens (including phenoxy) is 1. The summed E-state index contributed by atoms with van der Waals surface area (Å²) in [7, 11) is 1.39. The van der Waals surface area contributed by atoms with Gasteiger partial charge in [0.15, 0.2) is 11.6 Å². The van der Waals surface area contributed by atoms with Crippen molar-refractivity contribution in [2.45, 2.75) is 31.7 Å². The molecule has 5 rings (SSSR count). The van der Waals surface area contributed by atoms with Crippen LogP contribution >= 0.6 is 11.6 Å². The molecule has 2 heterocycles. The maximum Gasteiger partial charge on any atom is 0.341 e. The summed E-state index contributed by atoms with van der Waals surface area (Å²) in [5, 5.41) is 21.9. The van der Waals surface area contributed by atoms with E-state index in [1.807, 2.05) is 0 Å². The van der Waals surface area contributed by atoms with E-state index in [2.05, 4.69) is 5.32 Å². The van der Waals surface area contributed by atoms with Crippen molar-refractivity contribution >= 4 is 46.0 Å². The SMILES string of the molecule is COc1c(N2CCC(=C(Cl)CNC(=O)c3ccccc3C(=O)O)CC2)c(F)cc2c(=O)c(C(=O)O)cn(C3CC3)c12. The number of halogens is 2. The molecule has 1 saturated heterocycles. The first-order valence-electron chi connectivity index (χ1n) is 13.0. The third-order valence-corrected chi connectivity index (χ3v) is 7.85. The number of carbonyl (C=O) groups is 3. The summed E-state index contributed by atoms with van der Waals surface area (Å²) in [5.74, 6) is -3.66. The van der Waals surface area contributed by atoms with Crippen molar-refractivity contribution in [3.63, 3.8) is 0 Å². The van der Waals surface area contributed by atoms with Gasteiger partial charge in [-0.2, -0.15) is 0 Å². The zero-order chi connectivity index (χ0) is 29.4. The molecule has 12 heteroatoms. The zero-order valence-corrected chi connectivity index (χ0v) is 22.8. The molecule has 2 fully saturated rings. The first-order chi connectivity index (χ1) is 19.6. The Morgan fingerprint density at radius 2 is 1.71 bits per heavy atom. The lowest BCUT2D eigenvalue weighted by molar-refractivity contribution is 0.0683. The standard InChI is InChI=1S/C29H27ClFN3O7/c1-41-26-23-19(25(35)20(29(39)40)14-34(23)16-6-7-16)12-22(31)24(26)33-10-8-15(9-11-33)21(30)13-32-27(36)17-4-2-3-5-18(17)28(37)38/h2-5,12,14,16H,6-11,13H2,1H3,(H,32,36)(H,37,38)(H,39,40). The molecule has 1 aliphatic heterocycles. The van der Waals surface area contributed by atoms with Gasteiger partial charge in [0.25, 0.3) is 5.91 Å². The first kappa shape index (κ1) is 28.2. The molecule has 0 atom stereocenters. The highest BCUT2D eigenvalue weighted by Gasteiger charge is 2.32. The molecular formula is C29H27ClFN3O7. The Hall–Kier alpha value is -4.38. The van der Waals surface area contributed by atoms with E-state index in [0.29, 0.717) is 36.5 Å². The number of nitrogens with one attached hydrogen (secondary N) is 1. The van der Waals surface area contributed by atoms with Gasteiger partial charge in [0.2, 0.25) is 5.43 Å². The third kappa shape index (κ3) is 5.37. The molecule has 0 bridgehead atoms. The number of hydrogen-bond donors (Lipinski definition) is 3. The summed E-state index contributed by atoms with van der Waals surface area (Å²) >= 11 is 6.52. The van der Waals surface area contributed by atoms with Crippen molar-refractivity contribution in [2.24, 2.45) is 0 Å². The number of pyridine rings is 1. The summed E-state index contributed by atoms with van der Waals surface area (Å²) in [6, 6.07) is 6.97. The number of rotatable bonds is 8. The Bertz CT molecular complexity index is 1670. The van der Waals surface area contributed by atoms with Crippen molar-refractivity contribution in [1.29, 1.82) is 0 Å². The second-order valence-corrected chi connectivity index (χ2v) is 10.4. The van der Waals surface area contributed by atoms with Crippen LogP contribution in [0, 0.1) is 5.82 Å². The Morgan fingerprint density at radius 3 is 2.29 bits per heavy atom. The molecule has 0 spiro atoms. The van der Waals surface area contributed by atoms with Gasteiger partial charge in [-0.1, -0.05) is 29.3 Å². The summed E-state index contributed by atoms with van der Waals surface area (Å²) in [6.07, 6.45) is 3.86. The maximum atomic E-state index is 15.6. The van der Waals surface area contributed by atoms with E-state index in [-0.39, 0.29) is 40.5 Å². The minimum absolute atomic E-state index is 0.00390. The molecule has 10 nitrogen and oxygen atoms in total. The molecule has 41 heavy (non-hydrogen) atoms. The van der Waals surface area contributed by atoms with Gasteiger partial charge in [-0.25, -0.2) is 14.0 Å². The van der Waals surface area contributed by atoms with Crippen molar-refractivity contribution in [3.8, 4) is 5.75 Å². The lowest BCUT2D eigenvalue weighted by atomic mass is 10.0. The van der Waals surface area contributed by atoms with Gasteiger partial charge < -0.3 is 29.7 Å². The van der Waals surface area contributed by atoms with E-state index >= 15 is 4.39 Å². The fourth-order valence-corrected chi connectivity index (χ4v) is 5.50. The molecule has 1 saturated carbocycles. The predicted octanol–water partition coefficient (Wildman–Crippen LogP) is 4.40. The number of fused-ring (bicyclic) bond motifs is 1. The van der Waals surface area contributed by atoms with E-state index in [9.17, 15) is 29.4 Å². The molecule has 3 aromatic rings. The number of nitrogens with zero attached hydrogens (tertiary/aromatic N) is 2. The van der Waals surface area contributed by atoms with Gasteiger partial charge in [0, 0.05) is 30.4 Å². The molecule has 2 aromatic carbocycles. The summed E-state index contributed by atoms with van der Waals surface area (Å²) in [5.41, 5.74) is 0.158. The minimum atomic E-state index is -1.37. The summed E-state index contributed by atoms with van der Waals surface area (Å²) < 4.78 is 22.9. The van der Waals surface area contributed by atoms with Crippen LogP contribution in [-0.2, 0) is 0 Å². The quantitative estimate of drug-likeness (QED) is 0.355. The van der Waals surface area contributed by atoms with Gasteiger partial charge in [-0.15, -0.1) is 0 Å². The highest BCUT2D eigenvalue weighted by Crippen LogP contribution is 2.44. The van der Waals surface area contributed by atoms with Crippen LogP contribution in [0.15, 0.2) is 51.9 Å². The van der Waals surface area contributed by atoms with E-state index < -0.39 is 34.7 Å². The number of carboxylic acid groups (broad SMARTS) is 2. The predicted molar refractivity (Wildman–Crippen MR) is 150 cm³/mol. The average Bonchev–Trinajstić information content (AvgIpc) is 3.81. The van der Waals surface area contributed by atoms with E-state index in [4.69, 9.17) is 16.3 Å². The van der Waals surface area contributed by atoms with Crippen LogP contribution in [0.1, 0.15) is 62.8 Å². The second-order valence-electron chi connectivity index (χ2n) is 9.98. The van der Waals surface area contributed by atoms with Crippen molar-refractivity contribution in [3.05, 3.63) is 79.9 Å². The van der Waals surface area contributed by atoms with Crippen LogP contribution in [0.2, 0.25) is 0 Å². The zero-order valence-electron chi connectivity index (χ0n) is 22.1.